The number of benzene rings is 1. The van der Waals surface area contributed by atoms with Gasteiger partial charge in [-0.3, -0.25) is 4.79 Å². The van der Waals surface area contributed by atoms with Crippen LogP contribution in [0.4, 0.5) is 8.78 Å². The van der Waals surface area contributed by atoms with Crippen molar-refractivity contribution in [1.82, 2.24) is 9.62 Å². The summed E-state index contributed by atoms with van der Waals surface area (Å²) in [5.41, 5.74) is -0.566. The van der Waals surface area contributed by atoms with Gasteiger partial charge in [0.1, 0.15) is 11.3 Å². The molecule has 7 nitrogen and oxygen atoms in total. The average molecular weight is 378 g/mol. The number of halogens is 2. The maximum atomic E-state index is 14.0. The van der Waals surface area contributed by atoms with Crippen molar-refractivity contribution in [3.05, 3.63) is 29.3 Å². The van der Waals surface area contributed by atoms with Gasteiger partial charge in [0.2, 0.25) is 10.0 Å². The molecule has 140 valence electrons. The van der Waals surface area contributed by atoms with Crippen LogP contribution in [0.5, 0.6) is 5.75 Å². The van der Waals surface area contributed by atoms with E-state index in [1.165, 1.54) is 21.2 Å². The minimum atomic E-state index is -3.50. The van der Waals surface area contributed by atoms with E-state index in [9.17, 15) is 22.0 Å². The monoisotopic (exact) mass is 378 g/mol. The minimum Gasteiger partial charge on any atom is -0.496 e. The summed E-state index contributed by atoms with van der Waals surface area (Å²) in [5, 5.41) is 2.52. The average Bonchev–Trinajstić information content (AvgIpc) is 2.95. The van der Waals surface area contributed by atoms with E-state index in [1.54, 1.807) is 0 Å². The van der Waals surface area contributed by atoms with Crippen LogP contribution >= 0.6 is 0 Å². The molecule has 0 aliphatic carbocycles. The molecule has 10 heteroatoms. The van der Waals surface area contributed by atoms with E-state index in [4.69, 9.17) is 9.47 Å². The zero-order chi connectivity index (χ0) is 18.8. The molecule has 0 radical (unpaired) electrons. The largest absolute Gasteiger partial charge is 0.496 e. The minimum absolute atomic E-state index is 0.0819. The third-order valence-corrected chi connectivity index (χ3v) is 5.96. The van der Waals surface area contributed by atoms with Gasteiger partial charge in [0.25, 0.3) is 5.91 Å². The second-order valence-electron chi connectivity index (χ2n) is 5.88. The van der Waals surface area contributed by atoms with Gasteiger partial charge in [-0.15, -0.1) is 0 Å². The fourth-order valence-corrected chi connectivity index (χ4v) is 3.66. The van der Waals surface area contributed by atoms with E-state index < -0.39 is 45.1 Å². The first-order chi connectivity index (χ1) is 11.7. The Balaban J connectivity index is 2.19. The fraction of sp³-hybridized carbons (Fsp3) is 0.533. The predicted octanol–water partition coefficient (Wildman–Crippen LogP) is 0.610. The van der Waals surface area contributed by atoms with Crippen molar-refractivity contribution >= 4 is 15.9 Å². The number of hydrogen-bond donors (Lipinski definition) is 1. The summed E-state index contributed by atoms with van der Waals surface area (Å²) in [5.74, 6) is -4.25. The van der Waals surface area contributed by atoms with Crippen LogP contribution in [0.3, 0.4) is 0 Å². The SMILES string of the molecule is COc1ccc(F)c(F)c1C(=O)N[C@H]1COC[C@H]1CS(=O)(=O)N(C)C. The smallest absolute Gasteiger partial charge is 0.258 e. The lowest BCUT2D eigenvalue weighted by atomic mass is 10.1. The molecule has 1 aliphatic heterocycles. The highest BCUT2D eigenvalue weighted by Crippen LogP contribution is 2.25. The van der Waals surface area contributed by atoms with Crippen molar-refractivity contribution < 1.29 is 31.5 Å². The summed E-state index contributed by atoms with van der Waals surface area (Å²) in [4.78, 5) is 12.4. The van der Waals surface area contributed by atoms with Crippen LogP contribution in [-0.2, 0) is 14.8 Å². The van der Waals surface area contributed by atoms with Crippen molar-refractivity contribution in [3.63, 3.8) is 0 Å². The molecule has 1 amide bonds. The Morgan fingerprint density at radius 3 is 2.64 bits per heavy atom. The Hall–Kier alpha value is -1.78. The molecule has 0 spiro atoms. The second-order valence-corrected chi connectivity index (χ2v) is 8.10. The normalized spacial score (nSPS) is 20.7. The summed E-state index contributed by atoms with van der Waals surface area (Å²) >= 11 is 0. The first-order valence-electron chi connectivity index (χ1n) is 7.48. The standard InChI is InChI=1S/C15H20F2N2O5S/c1-19(2)25(21,22)8-9-6-24-7-11(9)18-15(20)13-12(23-3)5-4-10(16)14(13)17/h4-5,9,11H,6-8H2,1-3H3,(H,18,20)/t9-,11-/m0/s1. The van der Waals surface area contributed by atoms with E-state index in [-0.39, 0.29) is 24.7 Å². The number of hydrogen-bond acceptors (Lipinski definition) is 5. The van der Waals surface area contributed by atoms with Gasteiger partial charge in [-0.2, -0.15) is 0 Å². The van der Waals surface area contributed by atoms with E-state index in [0.29, 0.717) is 0 Å². The molecule has 2 atom stereocenters. The van der Waals surface area contributed by atoms with Crippen molar-refractivity contribution in [1.29, 1.82) is 0 Å². The summed E-state index contributed by atoms with van der Waals surface area (Å²) < 4.78 is 62.7. The number of carbonyl (C=O) groups is 1. The lowest BCUT2D eigenvalue weighted by molar-refractivity contribution is 0.0917. The first-order valence-corrected chi connectivity index (χ1v) is 9.09. The molecule has 1 heterocycles. The quantitative estimate of drug-likeness (QED) is 0.784. The number of rotatable bonds is 6. The fourth-order valence-electron chi connectivity index (χ4n) is 2.50. The Kier molecular flexibility index (Phi) is 5.96. The van der Waals surface area contributed by atoms with Gasteiger partial charge in [-0.05, 0) is 12.1 Å². The van der Waals surface area contributed by atoms with Crippen LogP contribution in [-0.4, -0.2) is 64.8 Å². The summed E-state index contributed by atoms with van der Waals surface area (Å²) in [6.45, 7) is 0.222. The number of ether oxygens (including phenoxy) is 2. The summed E-state index contributed by atoms with van der Waals surface area (Å²) in [6.07, 6.45) is 0. The maximum absolute atomic E-state index is 14.0. The first kappa shape index (κ1) is 19.5. The van der Waals surface area contributed by atoms with Gasteiger partial charge in [0, 0.05) is 20.0 Å². The highest BCUT2D eigenvalue weighted by Gasteiger charge is 2.35. The molecule has 1 fully saturated rings. The summed E-state index contributed by atoms with van der Waals surface area (Å²) in [7, 11) is 0.548. The number of nitrogens with one attached hydrogen (secondary N) is 1. The van der Waals surface area contributed by atoms with Crippen molar-refractivity contribution in [2.24, 2.45) is 5.92 Å². The van der Waals surface area contributed by atoms with E-state index in [1.807, 2.05) is 0 Å². The number of nitrogens with zero attached hydrogens (tertiary/aromatic N) is 1. The van der Waals surface area contributed by atoms with Crippen LogP contribution in [0.25, 0.3) is 0 Å². The third kappa shape index (κ3) is 4.25. The molecule has 1 aromatic carbocycles. The van der Waals surface area contributed by atoms with Crippen molar-refractivity contribution in [3.8, 4) is 5.75 Å². The summed E-state index contributed by atoms with van der Waals surface area (Å²) in [6, 6.07) is 1.36. The molecule has 1 aliphatic rings. The highest BCUT2D eigenvalue weighted by molar-refractivity contribution is 7.89. The number of carbonyl (C=O) groups excluding carboxylic acids is 1. The van der Waals surface area contributed by atoms with Gasteiger partial charge in [0.15, 0.2) is 11.6 Å². The molecule has 0 bridgehead atoms. The molecule has 25 heavy (non-hydrogen) atoms. The Labute approximate surface area is 145 Å². The molecule has 2 rings (SSSR count). The third-order valence-electron chi connectivity index (χ3n) is 4.00. The van der Waals surface area contributed by atoms with Crippen LogP contribution in [0.2, 0.25) is 0 Å². The van der Waals surface area contributed by atoms with Gasteiger partial charge in [0.05, 0.1) is 32.1 Å². The van der Waals surface area contributed by atoms with Crippen LogP contribution < -0.4 is 10.1 Å². The number of sulfonamides is 1. The molecule has 0 aromatic heterocycles. The van der Waals surface area contributed by atoms with Gasteiger partial charge < -0.3 is 14.8 Å². The molecule has 0 unspecified atom stereocenters. The van der Waals surface area contributed by atoms with Crippen molar-refractivity contribution in [2.75, 3.05) is 40.2 Å². The molecule has 1 aromatic rings. The topological polar surface area (TPSA) is 84.9 Å². The number of amides is 1. The molecule has 0 saturated carbocycles. The zero-order valence-electron chi connectivity index (χ0n) is 14.1. The Bertz CT molecular complexity index is 755. The lowest BCUT2D eigenvalue weighted by Crippen LogP contribution is -2.44. The van der Waals surface area contributed by atoms with Gasteiger partial charge in [-0.25, -0.2) is 21.5 Å². The predicted molar refractivity (Wildman–Crippen MR) is 85.9 cm³/mol. The van der Waals surface area contributed by atoms with E-state index in [2.05, 4.69) is 5.32 Å². The lowest BCUT2D eigenvalue weighted by Gasteiger charge is -2.21. The molecular formula is C15H20F2N2O5S. The maximum Gasteiger partial charge on any atom is 0.258 e. The van der Waals surface area contributed by atoms with Gasteiger partial charge in [-0.1, -0.05) is 0 Å². The number of methoxy groups -OCH3 is 1. The second kappa shape index (κ2) is 7.63. The van der Waals surface area contributed by atoms with Crippen LogP contribution in [0.15, 0.2) is 12.1 Å². The van der Waals surface area contributed by atoms with E-state index in [0.717, 1.165) is 16.4 Å². The zero-order valence-corrected chi connectivity index (χ0v) is 14.9. The van der Waals surface area contributed by atoms with Crippen molar-refractivity contribution in [2.45, 2.75) is 6.04 Å². The molecule has 1 saturated heterocycles. The van der Waals surface area contributed by atoms with Gasteiger partial charge >= 0.3 is 0 Å². The highest BCUT2D eigenvalue weighted by atomic mass is 32.2. The van der Waals surface area contributed by atoms with Crippen LogP contribution in [0, 0.1) is 17.6 Å². The van der Waals surface area contributed by atoms with Crippen LogP contribution in [0.1, 0.15) is 10.4 Å². The molecular weight excluding hydrogens is 358 g/mol. The Morgan fingerprint density at radius 2 is 2.04 bits per heavy atom. The Morgan fingerprint density at radius 1 is 1.36 bits per heavy atom. The van der Waals surface area contributed by atoms with E-state index >= 15 is 0 Å². The molecule has 1 N–H and O–H groups in total.